The van der Waals surface area contributed by atoms with Crippen LogP contribution in [0.4, 0.5) is 5.82 Å². The van der Waals surface area contributed by atoms with Crippen LogP contribution in [0.15, 0.2) is 42.9 Å². The first-order valence-electron chi connectivity index (χ1n) is 7.88. The fraction of sp³-hybridized carbons (Fsp3) is 0.412. The molecule has 0 saturated heterocycles. The van der Waals surface area contributed by atoms with Gasteiger partial charge in [0.2, 0.25) is 0 Å². The van der Waals surface area contributed by atoms with E-state index >= 15 is 0 Å². The standard InChI is InChI=1S/C17H22N4OS/c18-15-10-21(12-20-15)17(16(19)23)9-5-4-8-14(17)22-11-13-6-2-1-3-7-13/h1-3,6-7,10,12,14H,4-5,8-9,11,18H2,(H2,19,23). The summed E-state index contributed by atoms with van der Waals surface area (Å²) in [6.45, 7) is 0.542. The summed E-state index contributed by atoms with van der Waals surface area (Å²) in [5, 5.41) is 0. The van der Waals surface area contributed by atoms with Crippen LogP contribution in [0.2, 0.25) is 0 Å². The van der Waals surface area contributed by atoms with E-state index in [2.05, 4.69) is 17.1 Å². The molecule has 0 radical (unpaired) electrons. The van der Waals surface area contributed by atoms with Crippen LogP contribution in [0.3, 0.4) is 0 Å². The van der Waals surface area contributed by atoms with Gasteiger partial charge < -0.3 is 20.8 Å². The number of nitrogens with two attached hydrogens (primary N) is 2. The molecular weight excluding hydrogens is 308 g/mol. The summed E-state index contributed by atoms with van der Waals surface area (Å²) >= 11 is 5.44. The van der Waals surface area contributed by atoms with Crippen molar-refractivity contribution in [2.24, 2.45) is 5.73 Å². The minimum atomic E-state index is -0.549. The molecule has 5 nitrogen and oxygen atoms in total. The summed E-state index contributed by atoms with van der Waals surface area (Å²) in [6.07, 6.45) is 7.35. The lowest BCUT2D eigenvalue weighted by Crippen LogP contribution is -2.56. The smallest absolute Gasteiger partial charge is 0.141 e. The van der Waals surface area contributed by atoms with E-state index in [1.807, 2.05) is 22.8 Å². The van der Waals surface area contributed by atoms with Gasteiger partial charge in [-0.25, -0.2) is 4.98 Å². The zero-order chi connectivity index (χ0) is 16.3. The third-order valence-electron chi connectivity index (χ3n) is 4.59. The normalized spacial score (nSPS) is 24.4. The molecule has 1 aromatic heterocycles. The van der Waals surface area contributed by atoms with Gasteiger partial charge in [0.05, 0.1) is 19.0 Å². The predicted octanol–water partition coefficient (Wildman–Crippen LogP) is 2.61. The van der Waals surface area contributed by atoms with Crippen molar-refractivity contribution in [2.75, 3.05) is 5.73 Å². The third-order valence-corrected chi connectivity index (χ3v) is 4.94. The molecule has 122 valence electrons. The van der Waals surface area contributed by atoms with E-state index in [1.165, 1.54) is 0 Å². The maximum Gasteiger partial charge on any atom is 0.141 e. The Bertz CT molecular complexity index is 672. The zero-order valence-corrected chi connectivity index (χ0v) is 13.8. The average Bonchev–Trinajstić information content (AvgIpc) is 3.00. The second-order valence-corrected chi connectivity index (χ2v) is 6.47. The van der Waals surface area contributed by atoms with Gasteiger partial charge in [-0.1, -0.05) is 55.4 Å². The first-order valence-corrected chi connectivity index (χ1v) is 8.29. The molecule has 2 aromatic rings. The maximum absolute atomic E-state index is 6.25. The highest BCUT2D eigenvalue weighted by molar-refractivity contribution is 7.80. The van der Waals surface area contributed by atoms with E-state index in [1.54, 1.807) is 12.5 Å². The summed E-state index contributed by atoms with van der Waals surface area (Å²) in [5.41, 5.74) is 12.6. The van der Waals surface area contributed by atoms with Crippen molar-refractivity contribution in [1.82, 2.24) is 9.55 Å². The van der Waals surface area contributed by atoms with E-state index in [-0.39, 0.29) is 6.10 Å². The lowest BCUT2D eigenvalue weighted by molar-refractivity contribution is -0.0388. The molecule has 1 aromatic carbocycles. The van der Waals surface area contributed by atoms with Gasteiger partial charge >= 0.3 is 0 Å². The number of thiocarbonyl (C=S) groups is 1. The first-order chi connectivity index (χ1) is 11.1. The number of anilines is 1. The van der Waals surface area contributed by atoms with Crippen molar-refractivity contribution >= 4 is 23.0 Å². The number of rotatable bonds is 5. The number of nitrogen functional groups attached to an aromatic ring is 1. The second-order valence-electron chi connectivity index (χ2n) is 6.03. The monoisotopic (exact) mass is 330 g/mol. The van der Waals surface area contributed by atoms with Crippen LogP contribution in [0.1, 0.15) is 31.2 Å². The topological polar surface area (TPSA) is 79.1 Å². The van der Waals surface area contributed by atoms with Crippen LogP contribution in [0.5, 0.6) is 0 Å². The molecule has 1 saturated carbocycles. The van der Waals surface area contributed by atoms with E-state index in [9.17, 15) is 0 Å². The number of hydrogen-bond donors (Lipinski definition) is 2. The molecule has 23 heavy (non-hydrogen) atoms. The summed E-state index contributed by atoms with van der Waals surface area (Å²) in [7, 11) is 0. The van der Waals surface area contributed by atoms with Gasteiger partial charge in [-0.15, -0.1) is 0 Å². The maximum atomic E-state index is 6.25. The van der Waals surface area contributed by atoms with E-state index in [0.29, 0.717) is 17.4 Å². The number of aromatic nitrogens is 2. The molecule has 0 amide bonds. The Balaban J connectivity index is 1.87. The lowest BCUT2D eigenvalue weighted by Gasteiger charge is -2.44. The van der Waals surface area contributed by atoms with Gasteiger partial charge in [0, 0.05) is 6.20 Å². The van der Waals surface area contributed by atoms with Gasteiger partial charge in [-0.3, -0.25) is 0 Å². The van der Waals surface area contributed by atoms with Crippen LogP contribution in [-0.4, -0.2) is 20.6 Å². The van der Waals surface area contributed by atoms with E-state index in [0.717, 1.165) is 31.2 Å². The fourth-order valence-corrected chi connectivity index (χ4v) is 3.72. The Labute approximate surface area is 141 Å². The predicted molar refractivity (Wildman–Crippen MR) is 94.9 cm³/mol. The van der Waals surface area contributed by atoms with Crippen molar-refractivity contribution in [1.29, 1.82) is 0 Å². The van der Waals surface area contributed by atoms with Crippen LogP contribution in [0, 0.1) is 0 Å². The Morgan fingerprint density at radius 2 is 2.13 bits per heavy atom. The van der Waals surface area contributed by atoms with Gasteiger partial charge in [-0.05, 0) is 18.4 Å². The Hall–Kier alpha value is -1.92. The van der Waals surface area contributed by atoms with Crippen LogP contribution >= 0.6 is 12.2 Å². The number of benzene rings is 1. The number of imidazole rings is 1. The molecular formula is C17H22N4OS. The summed E-state index contributed by atoms with van der Waals surface area (Å²) in [5.74, 6) is 0.466. The number of ether oxygens (including phenoxy) is 1. The molecule has 2 unspecified atom stereocenters. The molecule has 0 bridgehead atoms. The summed E-state index contributed by atoms with van der Waals surface area (Å²) in [4.78, 5) is 4.58. The largest absolute Gasteiger partial charge is 0.391 e. The minimum absolute atomic E-state index is 0.0810. The molecule has 3 rings (SSSR count). The second kappa shape index (κ2) is 6.68. The van der Waals surface area contributed by atoms with Crippen LogP contribution in [0.25, 0.3) is 0 Å². The van der Waals surface area contributed by atoms with Crippen LogP contribution in [-0.2, 0) is 16.9 Å². The number of nitrogens with zero attached hydrogens (tertiary/aromatic N) is 2. The number of hydrogen-bond acceptors (Lipinski definition) is 4. The molecule has 0 spiro atoms. The molecule has 0 aliphatic heterocycles. The molecule has 1 fully saturated rings. The minimum Gasteiger partial charge on any atom is -0.391 e. The van der Waals surface area contributed by atoms with Gasteiger partial charge in [-0.2, -0.15) is 0 Å². The van der Waals surface area contributed by atoms with Crippen LogP contribution < -0.4 is 11.5 Å². The Morgan fingerprint density at radius 1 is 1.35 bits per heavy atom. The van der Waals surface area contributed by atoms with Crippen molar-refractivity contribution in [3.05, 3.63) is 48.4 Å². The molecule has 2 atom stereocenters. The van der Waals surface area contributed by atoms with Crippen molar-refractivity contribution in [2.45, 2.75) is 43.9 Å². The summed E-state index contributed by atoms with van der Waals surface area (Å²) in [6, 6.07) is 10.1. The quantitative estimate of drug-likeness (QED) is 0.824. The van der Waals surface area contributed by atoms with Gasteiger partial charge in [0.25, 0.3) is 0 Å². The Kier molecular flexibility index (Phi) is 4.63. The van der Waals surface area contributed by atoms with Crippen molar-refractivity contribution < 1.29 is 4.74 Å². The Morgan fingerprint density at radius 3 is 2.78 bits per heavy atom. The first kappa shape index (κ1) is 16.0. The SMILES string of the molecule is NC(=S)C1(n2cnc(N)c2)CCCCC1OCc1ccccc1. The van der Waals surface area contributed by atoms with Crippen molar-refractivity contribution in [3.8, 4) is 0 Å². The van der Waals surface area contributed by atoms with E-state index in [4.69, 9.17) is 28.4 Å². The highest BCUT2D eigenvalue weighted by Crippen LogP contribution is 2.38. The summed E-state index contributed by atoms with van der Waals surface area (Å²) < 4.78 is 8.20. The zero-order valence-electron chi connectivity index (χ0n) is 13.0. The van der Waals surface area contributed by atoms with Crippen molar-refractivity contribution in [3.63, 3.8) is 0 Å². The molecule has 1 aliphatic carbocycles. The highest BCUT2D eigenvalue weighted by Gasteiger charge is 2.46. The van der Waals surface area contributed by atoms with Gasteiger partial charge in [0.15, 0.2) is 0 Å². The van der Waals surface area contributed by atoms with Gasteiger partial charge in [0.1, 0.15) is 16.3 Å². The third kappa shape index (κ3) is 3.09. The molecule has 1 heterocycles. The lowest BCUT2D eigenvalue weighted by atomic mass is 9.78. The highest BCUT2D eigenvalue weighted by atomic mass is 32.1. The van der Waals surface area contributed by atoms with E-state index < -0.39 is 5.54 Å². The molecule has 4 N–H and O–H groups in total. The fourth-order valence-electron chi connectivity index (χ4n) is 3.38. The average molecular weight is 330 g/mol. The molecule has 6 heteroatoms. The molecule has 1 aliphatic rings.